The van der Waals surface area contributed by atoms with Gasteiger partial charge in [0.25, 0.3) is 0 Å². The summed E-state index contributed by atoms with van der Waals surface area (Å²) in [5.41, 5.74) is -0.995. The van der Waals surface area contributed by atoms with Gasteiger partial charge < -0.3 is 5.11 Å². The largest absolute Gasteiger partial charge is 0.387 e. The van der Waals surface area contributed by atoms with Crippen molar-refractivity contribution in [1.29, 1.82) is 0 Å². The van der Waals surface area contributed by atoms with Crippen molar-refractivity contribution < 1.29 is 21.9 Å². The Kier molecular flexibility index (Phi) is 3.68. The quantitative estimate of drug-likeness (QED) is 0.774. The van der Waals surface area contributed by atoms with Crippen LogP contribution in [0.3, 0.4) is 0 Å². The molecule has 0 aromatic heterocycles. The van der Waals surface area contributed by atoms with Crippen LogP contribution in [0.5, 0.6) is 0 Å². The van der Waals surface area contributed by atoms with Gasteiger partial charge in [-0.1, -0.05) is 13.0 Å². The van der Waals surface area contributed by atoms with E-state index in [9.17, 15) is 21.9 Å². The minimum Gasteiger partial charge on any atom is -0.387 e. The smallest absolute Gasteiger partial charge is 0.243 e. The molecule has 0 aliphatic carbocycles. The zero-order chi connectivity index (χ0) is 15.2. The average molecular weight is 320 g/mol. The summed E-state index contributed by atoms with van der Waals surface area (Å²) in [7, 11) is -7.77. The number of sulfonamides is 2. The van der Waals surface area contributed by atoms with Crippen LogP contribution in [0.25, 0.3) is 0 Å². The van der Waals surface area contributed by atoms with E-state index in [-0.39, 0.29) is 22.9 Å². The Morgan fingerprint density at radius 1 is 1.25 bits per heavy atom. The van der Waals surface area contributed by atoms with Gasteiger partial charge in [0.1, 0.15) is 0 Å². The lowest BCUT2D eigenvalue weighted by Gasteiger charge is -2.44. The summed E-state index contributed by atoms with van der Waals surface area (Å²) in [4.78, 5) is -0.410. The molecule has 0 spiro atoms. The van der Waals surface area contributed by atoms with E-state index in [2.05, 4.69) is 0 Å². The normalized spacial score (nSPS) is 19.6. The Balaban J connectivity index is 2.33. The van der Waals surface area contributed by atoms with Crippen LogP contribution in [-0.2, 0) is 20.0 Å². The predicted molar refractivity (Wildman–Crippen MR) is 71.8 cm³/mol. The molecular weight excluding hydrogens is 304 g/mol. The molecule has 1 saturated heterocycles. The molecule has 0 radical (unpaired) electrons. The van der Waals surface area contributed by atoms with Crippen LogP contribution in [-0.4, -0.2) is 44.9 Å². The standard InChI is InChI=1S/C11H16N2O5S2/c1-2-11(14)7-13(8-11)20(17,18)10-5-3-4-9(6-10)19(12,15)16/h3-6,14H,2,7-8H2,1H3,(H2,12,15,16). The minimum absolute atomic E-state index is 0.00539. The van der Waals surface area contributed by atoms with Crippen LogP contribution >= 0.6 is 0 Å². The fourth-order valence-corrected chi connectivity index (χ4v) is 4.24. The molecule has 9 heteroatoms. The maximum Gasteiger partial charge on any atom is 0.243 e. The number of nitrogens with zero attached hydrogens (tertiary/aromatic N) is 1. The molecule has 20 heavy (non-hydrogen) atoms. The van der Waals surface area contributed by atoms with Crippen molar-refractivity contribution in [1.82, 2.24) is 4.31 Å². The summed E-state index contributed by atoms with van der Waals surface area (Å²) >= 11 is 0. The molecule has 0 atom stereocenters. The van der Waals surface area contributed by atoms with Crippen molar-refractivity contribution >= 4 is 20.0 Å². The molecular formula is C11H16N2O5S2. The maximum atomic E-state index is 12.3. The highest BCUT2D eigenvalue weighted by atomic mass is 32.2. The first-order chi connectivity index (χ1) is 9.08. The topological polar surface area (TPSA) is 118 Å². The maximum absolute atomic E-state index is 12.3. The molecule has 0 bridgehead atoms. The van der Waals surface area contributed by atoms with Gasteiger partial charge in [-0.3, -0.25) is 0 Å². The molecule has 112 valence electrons. The summed E-state index contributed by atoms with van der Waals surface area (Å²) in [6, 6.07) is 4.87. The Labute approximate surface area is 118 Å². The highest BCUT2D eigenvalue weighted by Crippen LogP contribution is 2.30. The molecule has 0 amide bonds. The van der Waals surface area contributed by atoms with E-state index >= 15 is 0 Å². The van der Waals surface area contributed by atoms with E-state index in [0.717, 1.165) is 10.4 Å². The zero-order valence-electron chi connectivity index (χ0n) is 10.9. The average Bonchev–Trinajstić information content (AvgIpc) is 2.34. The van der Waals surface area contributed by atoms with Crippen LogP contribution in [0.4, 0.5) is 0 Å². The van der Waals surface area contributed by atoms with Crippen LogP contribution < -0.4 is 5.14 Å². The van der Waals surface area contributed by atoms with E-state index in [0.29, 0.717) is 6.42 Å². The molecule has 1 aliphatic heterocycles. The highest BCUT2D eigenvalue weighted by molar-refractivity contribution is 7.90. The van der Waals surface area contributed by atoms with E-state index in [1.807, 2.05) is 0 Å². The van der Waals surface area contributed by atoms with Crippen molar-refractivity contribution in [3.63, 3.8) is 0 Å². The molecule has 7 nitrogen and oxygen atoms in total. The molecule has 2 rings (SSSR count). The third-order valence-corrected chi connectivity index (χ3v) is 6.07. The molecule has 1 aliphatic rings. The highest BCUT2D eigenvalue weighted by Gasteiger charge is 2.46. The van der Waals surface area contributed by atoms with Gasteiger partial charge in [0.15, 0.2) is 0 Å². The molecule has 1 aromatic carbocycles. The van der Waals surface area contributed by atoms with E-state index in [1.54, 1.807) is 6.92 Å². The summed E-state index contributed by atoms with van der Waals surface area (Å²) in [5.74, 6) is 0. The van der Waals surface area contributed by atoms with Gasteiger partial charge >= 0.3 is 0 Å². The predicted octanol–water partition coefficient (Wildman–Crippen LogP) is -0.521. The Hall–Kier alpha value is -1.00. The monoisotopic (exact) mass is 320 g/mol. The third kappa shape index (κ3) is 2.72. The number of β-amino-alcohol motifs (C(OH)–C–C–N with tert-alkyl or cyclic N) is 1. The van der Waals surface area contributed by atoms with Crippen molar-refractivity contribution in [2.75, 3.05) is 13.1 Å². The van der Waals surface area contributed by atoms with E-state index < -0.39 is 25.6 Å². The number of primary sulfonamides is 1. The fourth-order valence-electron chi connectivity index (χ4n) is 1.96. The minimum atomic E-state index is -3.96. The second-order valence-electron chi connectivity index (χ2n) is 4.87. The number of benzene rings is 1. The first-order valence-electron chi connectivity index (χ1n) is 5.94. The van der Waals surface area contributed by atoms with E-state index in [4.69, 9.17) is 5.14 Å². The number of hydrogen-bond acceptors (Lipinski definition) is 5. The molecule has 3 N–H and O–H groups in total. The first kappa shape index (κ1) is 15.4. The first-order valence-corrected chi connectivity index (χ1v) is 8.92. The van der Waals surface area contributed by atoms with Gasteiger partial charge in [-0.15, -0.1) is 0 Å². The Bertz CT molecular complexity index is 721. The van der Waals surface area contributed by atoms with Crippen LogP contribution in [0.2, 0.25) is 0 Å². The van der Waals surface area contributed by atoms with Crippen molar-refractivity contribution in [2.24, 2.45) is 5.14 Å². The Morgan fingerprint density at radius 3 is 2.30 bits per heavy atom. The summed E-state index contributed by atoms with van der Waals surface area (Å²) < 4.78 is 48.2. The van der Waals surface area contributed by atoms with Gasteiger partial charge in [-0.05, 0) is 24.6 Å². The van der Waals surface area contributed by atoms with Crippen molar-refractivity contribution in [2.45, 2.75) is 28.7 Å². The van der Waals surface area contributed by atoms with Crippen LogP contribution in [0, 0.1) is 0 Å². The lowest BCUT2D eigenvalue weighted by molar-refractivity contribution is -0.0613. The van der Waals surface area contributed by atoms with Gasteiger partial charge in [0.05, 0.1) is 15.4 Å². The van der Waals surface area contributed by atoms with Crippen LogP contribution in [0.1, 0.15) is 13.3 Å². The number of hydrogen-bond donors (Lipinski definition) is 2. The molecule has 0 saturated carbocycles. The molecule has 1 aromatic rings. The third-order valence-electron chi connectivity index (χ3n) is 3.37. The van der Waals surface area contributed by atoms with E-state index in [1.165, 1.54) is 18.2 Å². The molecule has 0 unspecified atom stereocenters. The second-order valence-corrected chi connectivity index (χ2v) is 8.37. The molecule has 1 fully saturated rings. The second kappa shape index (κ2) is 4.78. The number of rotatable bonds is 4. The SMILES string of the molecule is CCC1(O)CN(S(=O)(=O)c2cccc(S(N)(=O)=O)c2)C1. The number of nitrogens with two attached hydrogens (primary N) is 1. The summed E-state index contributed by atoms with van der Waals surface area (Å²) in [6.07, 6.45) is 0.455. The van der Waals surface area contributed by atoms with Crippen molar-refractivity contribution in [3.8, 4) is 0 Å². The lowest BCUT2D eigenvalue weighted by Crippen LogP contribution is -2.62. The van der Waals surface area contributed by atoms with Crippen molar-refractivity contribution in [3.05, 3.63) is 24.3 Å². The fraction of sp³-hybridized carbons (Fsp3) is 0.455. The van der Waals surface area contributed by atoms with Gasteiger partial charge in [-0.25, -0.2) is 22.0 Å². The lowest BCUT2D eigenvalue weighted by atomic mass is 9.94. The summed E-state index contributed by atoms with van der Waals surface area (Å²) in [6.45, 7) is 1.78. The Morgan fingerprint density at radius 2 is 1.80 bits per heavy atom. The molecule has 1 heterocycles. The number of aliphatic hydroxyl groups is 1. The zero-order valence-corrected chi connectivity index (χ0v) is 12.5. The summed E-state index contributed by atoms with van der Waals surface area (Å²) in [5, 5.41) is 14.8. The van der Waals surface area contributed by atoms with Gasteiger partial charge in [-0.2, -0.15) is 4.31 Å². The van der Waals surface area contributed by atoms with Gasteiger partial charge in [0, 0.05) is 13.1 Å². The van der Waals surface area contributed by atoms with Gasteiger partial charge in [0.2, 0.25) is 20.0 Å². The van der Waals surface area contributed by atoms with Crippen LogP contribution in [0.15, 0.2) is 34.1 Å².